The lowest BCUT2D eigenvalue weighted by Crippen LogP contribution is -2.31. The zero-order valence-electron chi connectivity index (χ0n) is 9.99. The second-order valence-corrected chi connectivity index (χ2v) is 5.98. The number of nitrogen functional groups attached to an aromatic ring is 1. The van der Waals surface area contributed by atoms with Crippen LogP contribution in [0.15, 0.2) is 12.1 Å². The molecule has 1 aromatic rings. The van der Waals surface area contributed by atoms with Gasteiger partial charge < -0.3 is 11.1 Å². The van der Waals surface area contributed by atoms with Gasteiger partial charge in [-0.1, -0.05) is 11.6 Å². The van der Waals surface area contributed by atoms with Gasteiger partial charge in [-0.2, -0.15) is 11.8 Å². The van der Waals surface area contributed by atoms with Crippen molar-refractivity contribution in [3.8, 4) is 0 Å². The molecule has 0 spiro atoms. The Kier molecular flexibility index (Phi) is 4.72. The second-order valence-electron chi connectivity index (χ2n) is 4.37. The van der Waals surface area contributed by atoms with E-state index < -0.39 is 0 Å². The van der Waals surface area contributed by atoms with Gasteiger partial charge in [-0.15, -0.1) is 0 Å². The van der Waals surface area contributed by atoms with Crippen LogP contribution in [0.5, 0.6) is 0 Å². The smallest absolute Gasteiger partial charge is 0.251 e. The van der Waals surface area contributed by atoms with Gasteiger partial charge >= 0.3 is 0 Å². The third-order valence-electron chi connectivity index (χ3n) is 2.97. The number of amides is 1. The minimum absolute atomic E-state index is 0.135. The minimum Gasteiger partial charge on any atom is -0.384 e. The Morgan fingerprint density at radius 3 is 2.89 bits per heavy atom. The maximum Gasteiger partial charge on any atom is 0.251 e. The molecule has 0 radical (unpaired) electrons. The molecule has 3 N–H and O–H groups in total. The van der Waals surface area contributed by atoms with Crippen molar-refractivity contribution in [2.45, 2.75) is 12.8 Å². The highest BCUT2D eigenvalue weighted by Gasteiger charge is 2.15. The van der Waals surface area contributed by atoms with Gasteiger partial charge in [-0.3, -0.25) is 4.79 Å². The standard InChI is InChI=1S/C12H16ClN3OS/c13-10-5-9(6-11(14)16-10)12(17)15-7-8-1-3-18-4-2-8/h5-6,8H,1-4,7H2,(H2,14,16)(H,15,17). The number of aromatic nitrogens is 1. The SMILES string of the molecule is Nc1cc(C(=O)NCC2CCSCC2)cc(Cl)n1. The molecule has 0 unspecified atom stereocenters. The van der Waals surface area contributed by atoms with Gasteiger partial charge in [0.2, 0.25) is 0 Å². The van der Waals surface area contributed by atoms with E-state index in [-0.39, 0.29) is 16.9 Å². The van der Waals surface area contributed by atoms with E-state index in [0.717, 1.165) is 6.54 Å². The molecule has 1 aliphatic heterocycles. The molecule has 1 fully saturated rings. The summed E-state index contributed by atoms with van der Waals surface area (Å²) in [5.41, 5.74) is 6.03. The van der Waals surface area contributed by atoms with E-state index in [1.54, 1.807) is 0 Å². The Morgan fingerprint density at radius 2 is 2.22 bits per heavy atom. The van der Waals surface area contributed by atoms with Gasteiger partial charge in [-0.05, 0) is 42.4 Å². The number of hydrogen-bond donors (Lipinski definition) is 2. The number of nitrogens with two attached hydrogens (primary N) is 1. The van der Waals surface area contributed by atoms with Gasteiger partial charge in [0, 0.05) is 12.1 Å². The summed E-state index contributed by atoms with van der Waals surface area (Å²) in [4.78, 5) is 15.8. The van der Waals surface area contributed by atoms with E-state index >= 15 is 0 Å². The molecule has 0 aromatic carbocycles. The van der Waals surface area contributed by atoms with Gasteiger partial charge in [0.25, 0.3) is 5.91 Å². The number of thioether (sulfide) groups is 1. The molecule has 4 nitrogen and oxygen atoms in total. The van der Waals surface area contributed by atoms with E-state index in [2.05, 4.69) is 10.3 Å². The minimum atomic E-state index is -0.135. The van der Waals surface area contributed by atoms with Crippen molar-refractivity contribution in [3.05, 3.63) is 22.8 Å². The van der Waals surface area contributed by atoms with Crippen molar-refractivity contribution in [1.29, 1.82) is 0 Å². The lowest BCUT2D eigenvalue weighted by atomic mass is 10.0. The van der Waals surface area contributed by atoms with Gasteiger partial charge in [0.15, 0.2) is 0 Å². The van der Waals surface area contributed by atoms with Crippen molar-refractivity contribution >= 4 is 35.1 Å². The molecular formula is C12H16ClN3OS. The Morgan fingerprint density at radius 1 is 1.50 bits per heavy atom. The number of pyridine rings is 1. The van der Waals surface area contributed by atoms with Crippen LogP contribution in [0.4, 0.5) is 5.82 Å². The molecule has 18 heavy (non-hydrogen) atoms. The maximum atomic E-state index is 11.9. The number of carbonyl (C=O) groups excluding carboxylic acids is 1. The van der Waals surface area contributed by atoms with Crippen LogP contribution in [0.3, 0.4) is 0 Å². The van der Waals surface area contributed by atoms with Crippen LogP contribution in [-0.4, -0.2) is 28.9 Å². The molecule has 2 heterocycles. The number of nitrogens with zero attached hydrogens (tertiary/aromatic N) is 1. The van der Waals surface area contributed by atoms with E-state index in [1.807, 2.05) is 11.8 Å². The molecule has 0 saturated carbocycles. The zero-order chi connectivity index (χ0) is 13.0. The third-order valence-corrected chi connectivity index (χ3v) is 4.21. The monoisotopic (exact) mass is 285 g/mol. The molecule has 1 aromatic heterocycles. The van der Waals surface area contributed by atoms with Gasteiger partial charge in [0.05, 0.1) is 0 Å². The molecule has 0 aliphatic carbocycles. The number of carbonyl (C=O) groups is 1. The normalized spacial score (nSPS) is 16.5. The molecule has 0 atom stereocenters. The summed E-state index contributed by atoms with van der Waals surface area (Å²) in [6.45, 7) is 0.721. The molecule has 1 amide bonds. The molecule has 98 valence electrons. The fourth-order valence-corrected chi connectivity index (χ4v) is 3.36. The molecule has 6 heteroatoms. The van der Waals surface area contributed by atoms with Crippen LogP contribution < -0.4 is 11.1 Å². The first-order chi connectivity index (χ1) is 8.65. The molecule has 0 bridgehead atoms. The molecule has 1 saturated heterocycles. The summed E-state index contributed by atoms with van der Waals surface area (Å²) >= 11 is 7.75. The summed E-state index contributed by atoms with van der Waals surface area (Å²) in [6.07, 6.45) is 2.34. The summed E-state index contributed by atoms with van der Waals surface area (Å²) in [5, 5.41) is 3.18. The summed E-state index contributed by atoms with van der Waals surface area (Å²) in [7, 11) is 0. The van der Waals surface area contributed by atoms with Crippen molar-refractivity contribution in [2.75, 3.05) is 23.8 Å². The lowest BCUT2D eigenvalue weighted by molar-refractivity contribution is 0.0946. The van der Waals surface area contributed by atoms with Crippen LogP contribution in [0.1, 0.15) is 23.2 Å². The zero-order valence-corrected chi connectivity index (χ0v) is 11.6. The highest BCUT2D eigenvalue weighted by molar-refractivity contribution is 7.99. The fourth-order valence-electron chi connectivity index (χ4n) is 1.94. The lowest BCUT2D eigenvalue weighted by Gasteiger charge is -2.21. The largest absolute Gasteiger partial charge is 0.384 e. The Balaban J connectivity index is 1.90. The molecular weight excluding hydrogens is 270 g/mol. The first kappa shape index (κ1) is 13.5. The summed E-state index contributed by atoms with van der Waals surface area (Å²) in [5.74, 6) is 3.10. The van der Waals surface area contributed by atoms with E-state index in [4.69, 9.17) is 17.3 Å². The van der Waals surface area contributed by atoms with E-state index in [0.29, 0.717) is 11.5 Å². The van der Waals surface area contributed by atoms with E-state index in [9.17, 15) is 4.79 Å². The predicted molar refractivity (Wildman–Crippen MR) is 76.0 cm³/mol. The number of nitrogens with one attached hydrogen (secondary N) is 1. The number of hydrogen-bond acceptors (Lipinski definition) is 4. The maximum absolute atomic E-state index is 11.9. The quantitative estimate of drug-likeness (QED) is 0.836. The van der Waals surface area contributed by atoms with Crippen molar-refractivity contribution < 1.29 is 4.79 Å². The van der Waals surface area contributed by atoms with E-state index in [1.165, 1.54) is 36.5 Å². The summed E-state index contributed by atoms with van der Waals surface area (Å²) in [6, 6.07) is 3.07. The van der Waals surface area contributed by atoms with Gasteiger partial charge in [0.1, 0.15) is 11.0 Å². The predicted octanol–water partition coefficient (Wildman–Crippen LogP) is 2.19. The highest BCUT2D eigenvalue weighted by Crippen LogP contribution is 2.22. The number of rotatable bonds is 3. The van der Waals surface area contributed by atoms with Gasteiger partial charge in [-0.25, -0.2) is 4.98 Å². The molecule has 2 rings (SSSR count). The first-order valence-corrected chi connectivity index (χ1v) is 7.47. The van der Waals surface area contributed by atoms with Crippen molar-refractivity contribution in [2.24, 2.45) is 5.92 Å². The van der Waals surface area contributed by atoms with Crippen LogP contribution in [0.25, 0.3) is 0 Å². The Bertz CT molecular complexity index is 415. The average Bonchev–Trinajstić information content (AvgIpc) is 2.36. The van der Waals surface area contributed by atoms with Crippen molar-refractivity contribution in [3.63, 3.8) is 0 Å². The van der Waals surface area contributed by atoms with Crippen LogP contribution >= 0.6 is 23.4 Å². The fraction of sp³-hybridized carbons (Fsp3) is 0.500. The first-order valence-electron chi connectivity index (χ1n) is 5.94. The van der Waals surface area contributed by atoms with Crippen molar-refractivity contribution in [1.82, 2.24) is 10.3 Å². The van der Waals surface area contributed by atoms with Crippen LogP contribution in [0, 0.1) is 5.92 Å². The average molecular weight is 286 g/mol. The number of halogens is 1. The molecule has 1 aliphatic rings. The third kappa shape index (κ3) is 3.78. The topological polar surface area (TPSA) is 68.0 Å². The Hall–Kier alpha value is -0.940. The number of anilines is 1. The Labute approximate surface area is 116 Å². The van der Waals surface area contributed by atoms with Crippen LogP contribution in [0.2, 0.25) is 5.15 Å². The summed E-state index contributed by atoms with van der Waals surface area (Å²) < 4.78 is 0. The highest BCUT2D eigenvalue weighted by atomic mass is 35.5. The van der Waals surface area contributed by atoms with Crippen LogP contribution in [-0.2, 0) is 0 Å². The second kappa shape index (κ2) is 6.29.